The molecule has 3 saturated heterocycles. The van der Waals surface area contributed by atoms with Gasteiger partial charge in [-0.05, 0) is 77.6 Å². The molecular formula is C57H92N14O18. The maximum absolute atomic E-state index is 15.2. The first-order valence-corrected chi connectivity index (χ1v) is 30.3. The molecule has 13 unspecified atom stereocenters. The first-order valence-electron chi connectivity index (χ1n) is 30.3. The molecule has 3 aliphatic heterocycles. The molecule has 0 radical (unpaired) electrons. The second kappa shape index (κ2) is 36.9. The Morgan fingerprint density at radius 2 is 1.17 bits per heavy atom. The van der Waals surface area contributed by atoms with Gasteiger partial charge in [0.05, 0.1) is 37.9 Å². The van der Waals surface area contributed by atoms with Crippen LogP contribution in [0.25, 0.3) is 0 Å². The fraction of sp³-hybridized carbons (Fsp3) is 0.702. The lowest BCUT2D eigenvalue weighted by atomic mass is 9.96. The lowest BCUT2D eigenvalue weighted by Gasteiger charge is -2.39. The van der Waals surface area contributed by atoms with Crippen molar-refractivity contribution in [2.45, 2.75) is 205 Å². The van der Waals surface area contributed by atoms with Crippen LogP contribution in [0.15, 0.2) is 12.2 Å². The number of unbranched alkanes of at least 4 members (excludes halogenated alkanes) is 3. The van der Waals surface area contributed by atoms with Gasteiger partial charge in [-0.1, -0.05) is 65.5 Å². The van der Waals surface area contributed by atoms with Gasteiger partial charge in [0.15, 0.2) is 0 Å². The van der Waals surface area contributed by atoms with Gasteiger partial charge in [0.1, 0.15) is 54.4 Å². The molecule has 0 bridgehead atoms. The predicted octanol–water partition coefficient (Wildman–Crippen LogP) is -3.92. The first-order chi connectivity index (χ1) is 41.9. The fourth-order valence-electron chi connectivity index (χ4n) is 10.2. The highest BCUT2D eigenvalue weighted by molar-refractivity contribution is 6.01. The summed E-state index contributed by atoms with van der Waals surface area (Å²) in [6.07, 6.45) is 7.85. The van der Waals surface area contributed by atoms with Gasteiger partial charge < -0.3 is 89.8 Å². The quantitative estimate of drug-likeness (QED) is 0.0386. The number of nitrogens with one attached hydrogen (secondary N) is 10. The zero-order valence-electron chi connectivity index (χ0n) is 51.7. The van der Waals surface area contributed by atoms with Gasteiger partial charge in [-0.3, -0.25) is 71.9 Å². The third-order valence-electron chi connectivity index (χ3n) is 15.7. The van der Waals surface area contributed by atoms with Crippen LogP contribution >= 0.6 is 0 Å². The lowest BCUT2D eigenvalue weighted by Crippen LogP contribution is -2.66. The van der Waals surface area contributed by atoms with E-state index in [4.69, 9.17) is 11.5 Å². The van der Waals surface area contributed by atoms with Gasteiger partial charge >= 0.3 is 17.9 Å². The summed E-state index contributed by atoms with van der Waals surface area (Å²) in [6, 6.07) is -17.6. The minimum absolute atomic E-state index is 0.00252. The summed E-state index contributed by atoms with van der Waals surface area (Å²) in [4.78, 5) is 206. The van der Waals surface area contributed by atoms with Crippen LogP contribution in [0.3, 0.4) is 0 Å². The van der Waals surface area contributed by atoms with E-state index in [1.807, 2.05) is 11.4 Å². The van der Waals surface area contributed by atoms with Crippen molar-refractivity contribution in [1.29, 1.82) is 0 Å². The van der Waals surface area contributed by atoms with Crippen molar-refractivity contribution >= 4 is 88.8 Å². The normalized spacial score (nSPS) is 26.0. The number of fused-ring (bicyclic) bond motifs is 2. The van der Waals surface area contributed by atoms with E-state index < -0.39 is 200 Å². The average Bonchev–Trinajstić information content (AvgIpc) is 2.00. The van der Waals surface area contributed by atoms with Crippen LogP contribution in [-0.2, 0) is 71.9 Å². The molecule has 3 aliphatic rings. The van der Waals surface area contributed by atoms with Crippen LogP contribution < -0.4 is 64.6 Å². The molecule has 3 heterocycles. The number of hydrogen-bond acceptors (Lipinski definition) is 17. The number of hydrogen-bond donors (Lipinski definition) is 15. The number of nitrogens with zero attached hydrogens (tertiary/aromatic N) is 2. The van der Waals surface area contributed by atoms with Gasteiger partial charge in [0.25, 0.3) is 0 Å². The summed E-state index contributed by atoms with van der Waals surface area (Å²) >= 11 is 0. The zero-order chi connectivity index (χ0) is 66.8. The van der Waals surface area contributed by atoms with Crippen molar-refractivity contribution in [3.63, 3.8) is 0 Å². The Labute approximate surface area is 516 Å². The Morgan fingerprint density at radius 3 is 1.73 bits per heavy atom. The van der Waals surface area contributed by atoms with E-state index in [9.17, 15) is 82.4 Å². The van der Waals surface area contributed by atoms with Crippen LogP contribution in [0.4, 0.5) is 0 Å². The second-order valence-corrected chi connectivity index (χ2v) is 23.3. The maximum Gasteiger partial charge on any atom is 0.308 e. The number of allylic oxidation sites excluding steroid dienone is 1. The van der Waals surface area contributed by atoms with Gasteiger partial charge in [-0.25, -0.2) is 0 Å². The third-order valence-corrected chi connectivity index (χ3v) is 15.7. The summed E-state index contributed by atoms with van der Waals surface area (Å²) in [5.41, 5.74) is 12.1. The van der Waals surface area contributed by atoms with Gasteiger partial charge in [-0.2, -0.15) is 0 Å². The van der Waals surface area contributed by atoms with E-state index in [1.165, 1.54) is 18.7 Å². The summed E-state index contributed by atoms with van der Waals surface area (Å²) in [5.74, 6) is -19.3. The smallest absolute Gasteiger partial charge is 0.308 e. The zero-order valence-corrected chi connectivity index (χ0v) is 51.7. The molecule has 0 saturated carbocycles. The molecule has 0 spiro atoms. The number of carboxylic acid groups (broad SMARTS) is 3. The molecule has 32 heteroatoms. The molecule has 0 aromatic carbocycles. The number of carbonyl (C=O) groups excluding carboxylic acids is 12. The highest BCUT2D eigenvalue weighted by atomic mass is 16.4. The molecule has 498 valence electrons. The number of rotatable bonds is 21. The maximum atomic E-state index is 15.2. The Hall–Kier alpha value is -8.29. The highest BCUT2D eigenvalue weighted by Gasteiger charge is 2.45. The van der Waals surface area contributed by atoms with E-state index in [0.717, 1.165) is 50.3 Å². The van der Waals surface area contributed by atoms with Crippen molar-refractivity contribution in [2.75, 3.05) is 32.7 Å². The molecule has 3 rings (SSSR count). The molecule has 12 amide bonds. The summed E-state index contributed by atoms with van der Waals surface area (Å²) in [5, 5.41) is 52.8. The lowest BCUT2D eigenvalue weighted by molar-refractivity contribution is -0.149. The van der Waals surface area contributed by atoms with Crippen LogP contribution in [0, 0.1) is 17.8 Å². The van der Waals surface area contributed by atoms with E-state index in [0.29, 0.717) is 5.92 Å². The monoisotopic (exact) mass is 1260 g/mol. The molecule has 0 aromatic rings. The SMILES string of the molecule is CCC(C)CCCCC/C=C/CC(=O)NC(CN)C(=O)NC1C(=O)N2CCCCC2C(=O)NC(C(C)C(=O)O)C(=O)NC(CC(=O)O)C(=O)NCC(=O)NC(CC(=O)O)C(=O)NCC(=O)NC(C(C)N)C(=O)NC(C(C)C)C(=O)N2CCCC2C(=O)NC1C. The van der Waals surface area contributed by atoms with Gasteiger partial charge in [-0.15, -0.1) is 0 Å². The summed E-state index contributed by atoms with van der Waals surface area (Å²) in [6.45, 7) is 8.56. The molecule has 32 nitrogen and oxygen atoms in total. The highest BCUT2D eigenvalue weighted by Crippen LogP contribution is 2.24. The van der Waals surface area contributed by atoms with E-state index in [2.05, 4.69) is 61.7 Å². The molecule has 89 heavy (non-hydrogen) atoms. The van der Waals surface area contributed by atoms with E-state index >= 15 is 4.79 Å². The Morgan fingerprint density at radius 1 is 0.629 bits per heavy atom. The molecule has 13 atom stereocenters. The van der Waals surface area contributed by atoms with Crippen LogP contribution in [-0.4, -0.2) is 213 Å². The van der Waals surface area contributed by atoms with Crippen molar-refractivity contribution in [1.82, 2.24) is 63.0 Å². The predicted molar refractivity (Wildman–Crippen MR) is 316 cm³/mol. The number of piperidine rings is 1. The minimum atomic E-state index is -2.10. The van der Waals surface area contributed by atoms with Crippen LogP contribution in [0.1, 0.15) is 138 Å². The van der Waals surface area contributed by atoms with Crippen molar-refractivity contribution < 1.29 is 87.2 Å². The molecule has 3 fully saturated rings. The van der Waals surface area contributed by atoms with Gasteiger partial charge in [0, 0.05) is 32.1 Å². The Kier molecular flexibility index (Phi) is 31.1. The summed E-state index contributed by atoms with van der Waals surface area (Å²) in [7, 11) is 0. The number of carboxylic acids is 3. The first kappa shape index (κ1) is 75.0. The number of nitrogens with two attached hydrogens (primary N) is 2. The Bertz CT molecular complexity index is 2600. The average molecular weight is 1260 g/mol. The third kappa shape index (κ3) is 24.0. The number of aliphatic carboxylic acids is 3. The number of carbonyl (C=O) groups is 15. The Balaban J connectivity index is 2.14. The van der Waals surface area contributed by atoms with Crippen LogP contribution in [0.5, 0.6) is 0 Å². The van der Waals surface area contributed by atoms with Crippen molar-refractivity contribution in [3.05, 3.63) is 12.2 Å². The standard InChI is InChI=1S/C57H92N14O18/c1-8-30(4)18-13-11-9-10-12-14-21-39(72)64-36(26-58)50(81)69-47-33(7)62-51(82)38-20-17-23-71(38)55(86)44(29(2)3)67-54(85)46(32(6)59)66-41(74)28-61-48(79)34(24-42(75)76)63-40(73)27-60-49(80)35(25-43(77)78)65-53(84)45(31(5)57(88)89)68-52(83)37-19-15-16-22-70(37)56(47)87/h12,14,29-38,44-47H,8-11,13,15-28,58-59H2,1-7H3,(H,60,80)(H,61,79)(H,62,82)(H,63,73)(H,64,72)(H,65,84)(H,66,74)(H,67,85)(H,68,83)(H,69,81)(H,75,76)(H,77,78)(H,88,89)/b14-12+. The number of amides is 12. The van der Waals surface area contributed by atoms with Crippen molar-refractivity contribution in [2.24, 2.45) is 29.2 Å². The topological polar surface area (TPSA) is 496 Å². The van der Waals surface area contributed by atoms with E-state index in [-0.39, 0.29) is 51.6 Å². The molecule has 0 aromatic heterocycles. The second-order valence-electron chi connectivity index (χ2n) is 23.3. The molecule has 0 aliphatic carbocycles. The van der Waals surface area contributed by atoms with Gasteiger partial charge in [0.2, 0.25) is 70.9 Å². The fourth-order valence-corrected chi connectivity index (χ4v) is 10.2. The van der Waals surface area contributed by atoms with Crippen LogP contribution in [0.2, 0.25) is 0 Å². The summed E-state index contributed by atoms with van der Waals surface area (Å²) < 4.78 is 0. The molecular weight excluding hydrogens is 1170 g/mol. The minimum Gasteiger partial charge on any atom is -0.481 e. The largest absolute Gasteiger partial charge is 0.481 e. The van der Waals surface area contributed by atoms with Crippen molar-refractivity contribution in [3.8, 4) is 0 Å². The molecule has 17 N–H and O–H groups in total. The van der Waals surface area contributed by atoms with E-state index in [1.54, 1.807) is 19.9 Å².